The van der Waals surface area contributed by atoms with Crippen molar-refractivity contribution in [1.29, 1.82) is 0 Å². The Balaban J connectivity index is 1.47. The summed E-state index contributed by atoms with van der Waals surface area (Å²) in [5, 5.41) is 15.0. The Bertz CT molecular complexity index is 1420. The topological polar surface area (TPSA) is 166 Å². The van der Waals surface area contributed by atoms with Crippen LogP contribution >= 0.6 is 19.2 Å². The van der Waals surface area contributed by atoms with E-state index in [1.165, 1.54) is 4.68 Å². The summed E-state index contributed by atoms with van der Waals surface area (Å²) in [6.07, 6.45) is 1.73. The molecule has 3 fully saturated rings. The fraction of sp³-hybridized carbons (Fsp3) is 0.793. The molecule has 2 aliphatic heterocycles. The highest BCUT2D eigenvalue weighted by atomic mass is 35.5. The number of rotatable bonds is 12. The van der Waals surface area contributed by atoms with Gasteiger partial charge in [-0.3, -0.25) is 9.46 Å². The molecule has 2 aromatic heterocycles. The highest BCUT2D eigenvalue weighted by Gasteiger charge is 2.57. The molecule has 0 bridgehead atoms. The zero-order valence-electron chi connectivity index (χ0n) is 27.4. The van der Waals surface area contributed by atoms with E-state index in [2.05, 4.69) is 15.1 Å². The molecule has 0 radical (unpaired) electrons. The second-order valence-electron chi connectivity index (χ2n) is 12.9. The third-order valence-corrected chi connectivity index (χ3v) is 10.3. The zero-order valence-corrected chi connectivity index (χ0v) is 29.0. The molecule has 0 spiro atoms. The van der Waals surface area contributed by atoms with Crippen molar-refractivity contribution < 1.29 is 47.2 Å². The van der Waals surface area contributed by atoms with Gasteiger partial charge in [-0.25, -0.2) is 9.48 Å². The summed E-state index contributed by atoms with van der Waals surface area (Å²) >= 11 is 6.50. The van der Waals surface area contributed by atoms with E-state index in [9.17, 15) is 14.5 Å². The van der Waals surface area contributed by atoms with Gasteiger partial charge in [0.25, 0.3) is 0 Å². The number of aliphatic hydroxyl groups is 1. The summed E-state index contributed by atoms with van der Waals surface area (Å²) in [5.41, 5.74) is -0.399. The molecule has 2 aromatic rings. The Kier molecular flexibility index (Phi) is 10.7. The Hall–Kier alpha value is -1.94. The zero-order chi connectivity index (χ0) is 33.4. The second-order valence-corrected chi connectivity index (χ2v) is 15.4. The third-order valence-electron chi connectivity index (χ3n) is 7.86. The van der Waals surface area contributed by atoms with Gasteiger partial charge in [0.1, 0.15) is 23.9 Å². The summed E-state index contributed by atoms with van der Waals surface area (Å²) in [6, 6.07) is -0.128. The van der Waals surface area contributed by atoms with Crippen LogP contribution in [0.15, 0.2) is 6.20 Å². The number of nitrogens with zero attached hydrogens (tertiary/aromatic N) is 5. The van der Waals surface area contributed by atoms with Crippen molar-refractivity contribution in [3.05, 3.63) is 11.5 Å². The fourth-order valence-corrected chi connectivity index (χ4v) is 7.90. The average molecular weight is 690 g/mol. The van der Waals surface area contributed by atoms with Crippen LogP contribution in [0, 0.1) is 0 Å². The summed E-state index contributed by atoms with van der Waals surface area (Å²) < 4.78 is 56.2. The fourth-order valence-electron chi connectivity index (χ4n) is 6.14. The maximum Gasteiger partial charge on any atom is 0.416 e. The second kappa shape index (κ2) is 13.9. The largest absolute Gasteiger partial charge is 0.443 e. The molecule has 0 unspecified atom stereocenters. The van der Waals surface area contributed by atoms with E-state index in [1.54, 1.807) is 38.8 Å². The maximum absolute atomic E-state index is 13.6. The standard InChI is InChI=1S/C29H45ClN5O10P/c1-8-40-46(38,41-9-2)20(15-36)39-16-19-21-22(44-29(6,7)43-21)25(42-19)35-24-18(14-31-35)23(32-26(30)33-24)34(17-12-10-11-13-17)27(37)45-28(3,4)5/h14,17,19-22,25,36H,8-13,15-16H2,1-7H3/t19-,20-,21-,22-,25-/m1/s1. The van der Waals surface area contributed by atoms with Crippen LogP contribution in [0.25, 0.3) is 11.0 Å². The van der Waals surface area contributed by atoms with Gasteiger partial charge >= 0.3 is 13.7 Å². The molecule has 17 heteroatoms. The molecule has 0 aromatic carbocycles. The van der Waals surface area contributed by atoms with Crippen molar-refractivity contribution in [2.24, 2.45) is 0 Å². The van der Waals surface area contributed by atoms with Crippen molar-refractivity contribution in [3.63, 3.8) is 0 Å². The first-order chi connectivity index (χ1) is 21.7. The predicted octanol–water partition coefficient (Wildman–Crippen LogP) is 5.18. The molecule has 3 aliphatic rings. The summed E-state index contributed by atoms with van der Waals surface area (Å²) in [4.78, 5) is 24.1. The number of hydrogen-bond donors (Lipinski definition) is 1. The van der Waals surface area contributed by atoms with Crippen LogP contribution < -0.4 is 4.90 Å². The van der Waals surface area contributed by atoms with Gasteiger partial charge in [-0.15, -0.1) is 0 Å². The smallest absolute Gasteiger partial charge is 0.416 e. The van der Waals surface area contributed by atoms with Crippen LogP contribution in [0.1, 0.15) is 80.4 Å². The number of aromatic nitrogens is 4. The summed E-state index contributed by atoms with van der Waals surface area (Å²) in [6.45, 7) is 11.9. The van der Waals surface area contributed by atoms with Gasteiger partial charge in [-0.2, -0.15) is 15.1 Å². The number of carbonyl (C=O) groups excluding carboxylic acids is 1. The summed E-state index contributed by atoms with van der Waals surface area (Å²) in [5.74, 6) is -1.90. The molecular formula is C29H45ClN5O10P. The number of ether oxygens (including phenoxy) is 5. The third kappa shape index (κ3) is 7.37. The molecule has 1 N–H and O–H groups in total. The SMILES string of the molecule is CCOP(=O)(OCC)[C@H](CO)OC[C@H]1O[C@@H](n2ncc3c(N(C(=O)OC(C)(C)C)C4CCCC4)nc(Cl)nc32)[C@@H]2OC(C)(C)O[C@@H]21. The highest BCUT2D eigenvalue weighted by molar-refractivity contribution is 7.54. The van der Waals surface area contributed by atoms with Crippen molar-refractivity contribution in [3.8, 4) is 0 Å². The van der Waals surface area contributed by atoms with E-state index in [0.29, 0.717) is 16.9 Å². The Morgan fingerprint density at radius 3 is 2.43 bits per heavy atom. The highest BCUT2D eigenvalue weighted by Crippen LogP contribution is 2.54. The van der Waals surface area contributed by atoms with Gasteiger partial charge < -0.3 is 37.8 Å². The number of amides is 1. The van der Waals surface area contributed by atoms with E-state index in [0.717, 1.165) is 25.7 Å². The quantitative estimate of drug-likeness (QED) is 0.229. The lowest BCUT2D eigenvalue weighted by atomic mass is 10.1. The molecule has 5 atom stereocenters. The molecular weight excluding hydrogens is 645 g/mol. The minimum atomic E-state index is -3.78. The molecule has 1 aliphatic carbocycles. The van der Waals surface area contributed by atoms with E-state index in [-0.39, 0.29) is 31.1 Å². The van der Waals surface area contributed by atoms with Crippen LogP contribution in [-0.2, 0) is 37.3 Å². The molecule has 4 heterocycles. The van der Waals surface area contributed by atoms with E-state index >= 15 is 0 Å². The number of hydrogen-bond acceptors (Lipinski definition) is 13. The first-order valence-corrected chi connectivity index (χ1v) is 17.7. The summed E-state index contributed by atoms with van der Waals surface area (Å²) in [7, 11) is -3.78. The van der Waals surface area contributed by atoms with Crippen LogP contribution in [0.2, 0.25) is 5.28 Å². The van der Waals surface area contributed by atoms with Crippen molar-refractivity contribution in [2.75, 3.05) is 31.3 Å². The van der Waals surface area contributed by atoms with Crippen LogP contribution in [0.5, 0.6) is 0 Å². The molecule has 46 heavy (non-hydrogen) atoms. The van der Waals surface area contributed by atoms with Crippen molar-refractivity contribution in [2.45, 2.75) is 122 Å². The van der Waals surface area contributed by atoms with Crippen molar-refractivity contribution in [1.82, 2.24) is 19.7 Å². The van der Waals surface area contributed by atoms with Gasteiger partial charge in [0.05, 0.1) is 38.0 Å². The molecule has 1 amide bonds. The van der Waals surface area contributed by atoms with Gasteiger partial charge in [0.2, 0.25) is 5.28 Å². The number of aliphatic hydroxyl groups excluding tert-OH is 1. The Labute approximate surface area is 273 Å². The minimum Gasteiger partial charge on any atom is -0.443 e. The van der Waals surface area contributed by atoms with Crippen LogP contribution in [-0.4, -0.2) is 99.0 Å². The van der Waals surface area contributed by atoms with Crippen molar-refractivity contribution >= 4 is 42.1 Å². The Morgan fingerprint density at radius 1 is 1.17 bits per heavy atom. The minimum absolute atomic E-state index is 0.0810. The number of halogens is 1. The molecule has 258 valence electrons. The lowest BCUT2D eigenvalue weighted by Gasteiger charge is -2.31. The van der Waals surface area contributed by atoms with Crippen LogP contribution in [0.4, 0.5) is 10.6 Å². The normalized spacial score (nSPS) is 25.7. The molecule has 15 nitrogen and oxygen atoms in total. The molecule has 2 saturated heterocycles. The number of fused-ring (bicyclic) bond motifs is 2. The molecule has 1 saturated carbocycles. The molecule has 5 rings (SSSR count). The first-order valence-electron chi connectivity index (χ1n) is 15.8. The average Bonchev–Trinajstić information content (AvgIpc) is 3.73. The van der Waals surface area contributed by atoms with Gasteiger partial charge in [-0.05, 0) is 72.9 Å². The number of anilines is 1. The van der Waals surface area contributed by atoms with Gasteiger partial charge in [-0.1, -0.05) is 12.8 Å². The lowest BCUT2D eigenvalue weighted by molar-refractivity contribution is -0.204. The predicted molar refractivity (Wildman–Crippen MR) is 167 cm³/mol. The van der Waals surface area contributed by atoms with Gasteiger partial charge in [0.15, 0.2) is 29.3 Å². The van der Waals surface area contributed by atoms with E-state index in [4.69, 9.17) is 44.3 Å². The van der Waals surface area contributed by atoms with Crippen LogP contribution in [0.3, 0.4) is 0 Å². The van der Waals surface area contributed by atoms with E-state index in [1.807, 2.05) is 20.8 Å². The van der Waals surface area contributed by atoms with Gasteiger partial charge in [0, 0.05) is 6.04 Å². The Morgan fingerprint density at radius 2 is 1.83 bits per heavy atom. The monoisotopic (exact) mass is 689 g/mol. The van der Waals surface area contributed by atoms with E-state index < -0.39 is 62.1 Å². The first kappa shape index (κ1) is 35.4. The maximum atomic E-state index is 13.6. The number of carbonyl (C=O) groups is 1. The lowest BCUT2D eigenvalue weighted by Crippen LogP contribution is -2.43.